The van der Waals surface area contributed by atoms with E-state index in [2.05, 4.69) is 0 Å². The van der Waals surface area contributed by atoms with Crippen LogP contribution in [-0.4, -0.2) is 17.3 Å². The smallest absolute Gasteiger partial charge is 0.266 e. The Bertz CT molecular complexity index is 632. The number of carbonyl (C=O) groups is 2. The highest BCUT2D eigenvalue weighted by molar-refractivity contribution is 6.35. The number of rotatable bonds is 1. The number of fused-ring (bicyclic) bond motifs is 1. The van der Waals surface area contributed by atoms with Crippen molar-refractivity contribution >= 4 is 23.2 Å². The lowest BCUT2D eigenvalue weighted by atomic mass is 10.1. The summed E-state index contributed by atoms with van der Waals surface area (Å²) in [7, 11) is 0. The maximum absolute atomic E-state index is 12.2. The van der Waals surface area contributed by atoms with Crippen LogP contribution in [0.3, 0.4) is 0 Å². The summed E-state index contributed by atoms with van der Waals surface area (Å²) in [6, 6.07) is 13.6. The van der Waals surface area contributed by atoms with Crippen LogP contribution in [0.25, 0.3) is 0 Å². The minimum atomic E-state index is -0.325. The predicted molar refractivity (Wildman–Crippen MR) is 72.1 cm³/mol. The van der Waals surface area contributed by atoms with Crippen LogP contribution in [-0.2, 0) is 0 Å². The standard InChI is InChI=1S/C14H10N2O2.H2O/c15-11-7-3-4-8-12(11)16-13(17)9-5-1-2-6-10(9)14(16)18;/h1-8H,15H2;1H2. The van der Waals surface area contributed by atoms with Gasteiger partial charge in [-0.15, -0.1) is 0 Å². The van der Waals surface area contributed by atoms with Gasteiger partial charge in [0.1, 0.15) is 0 Å². The summed E-state index contributed by atoms with van der Waals surface area (Å²) in [5.41, 5.74) is 7.50. The molecule has 0 saturated carbocycles. The second-order valence-electron chi connectivity index (χ2n) is 4.05. The van der Waals surface area contributed by atoms with Gasteiger partial charge in [0.15, 0.2) is 0 Å². The maximum Gasteiger partial charge on any atom is 0.266 e. The monoisotopic (exact) mass is 256 g/mol. The number of para-hydroxylation sites is 2. The molecule has 1 heterocycles. The van der Waals surface area contributed by atoms with Gasteiger partial charge in [-0.2, -0.15) is 0 Å². The molecule has 5 heteroatoms. The first-order chi connectivity index (χ1) is 8.70. The van der Waals surface area contributed by atoms with E-state index in [-0.39, 0.29) is 17.3 Å². The summed E-state index contributed by atoms with van der Waals surface area (Å²) in [6.07, 6.45) is 0. The molecule has 0 fully saturated rings. The van der Waals surface area contributed by atoms with Crippen molar-refractivity contribution in [3.05, 3.63) is 59.7 Å². The van der Waals surface area contributed by atoms with Gasteiger partial charge in [-0.1, -0.05) is 24.3 Å². The number of carbonyl (C=O) groups excluding carboxylic acids is 2. The molecule has 0 bridgehead atoms. The maximum atomic E-state index is 12.2. The first-order valence-electron chi connectivity index (χ1n) is 5.52. The third kappa shape index (κ3) is 1.76. The fourth-order valence-electron chi connectivity index (χ4n) is 2.10. The molecule has 1 aliphatic heterocycles. The van der Waals surface area contributed by atoms with E-state index >= 15 is 0 Å². The summed E-state index contributed by atoms with van der Waals surface area (Å²) in [5, 5.41) is 0. The molecular weight excluding hydrogens is 244 g/mol. The molecule has 0 aliphatic carbocycles. The van der Waals surface area contributed by atoms with Crippen molar-refractivity contribution in [1.82, 2.24) is 0 Å². The van der Waals surface area contributed by atoms with Crippen LogP contribution in [0.5, 0.6) is 0 Å². The van der Waals surface area contributed by atoms with Gasteiger partial charge in [0.25, 0.3) is 11.8 Å². The Morgan fingerprint density at radius 1 is 0.789 bits per heavy atom. The van der Waals surface area contributed by atoms with Crippen molar-refractivity contribution in [2.75, 3.05) is 10.6 Å². The van der Waals surface area contributed by atoms with Crippen LogP contribution in [0.2, 0.25) is 0 Å². The number of nitrogen functional groups attached to an aromatic ring is 1. The van der Waals surface area contributed by atoms with Gasteiger partial charge >= 0.3 is 0 Å². The van der Waals surface area contributed by atoms with Crippen LogP contribution in [0.1, 0.15) is 20.7 Å². The van der Waals surface area contributed by atoms with Crippen molar-refractivity contribution in [2.24, 2.45) is 0 Å². The molecule has 2 aromatic carbocycles. The Morgan fingerprint density at radius 2 is 1.26 bits per heavy atom. The van der Waals surface area contributed by atoms with Crippen LogP contribution in [0.4, 0.5) is 11.4 Å². The van der Waals surface area contributed by atoms with E-state index in [1.54, 1.807) is 48.5 Å². The molecule has 96 valence electrons. The molecule has 0 saturated heterocycles. The van der Waals surface area contributed by atoms with Crippen LogP contribution in [0, 0.1) is 0 Å². The number of imide groups is 1. The largest absolute Gasteiger partial charge is 0.412 e. The number of hydrogen-bond donors (Lipinski definition) is 1. The SMILES string of the molecule is Nc1ccccc1N1C(=O)c2ccccc2C1=O.O. The van der Waals surface area contributed by atoms with Gasteiger partial charge in [-0.05, 0) is 24.3 Å². The normalized spacial score (nSPS) is 13.2. The van der Waals surface area contributed by atoms with Gasteiger partial charge in [0.05, 0.1) is 22.5 Å². The highest BCUT2D eigenvalue weighted by Crippen LogP contribution is 2.31. The van der Waals surface area contributed by atoms with Crippen molar-refractivity contribution < 1.29 is 15.1 Å². The van der Waals surface area contributed by atoms with Crippen molar-refractivity contribution in [2.45, 2.75) is 0 Å². The molecule has 3 rings (SSSR count). The highest BCUT2D eigenvalue weighted by atomic mass is 16.2. The van der Waals surface area contributed by atoms with Gasteiger partial charge in [0.2, 0.25) is 0 Å². The number of nitrogens with zero attached hydrogens (tertiary/aromatic N) is 1. The minimum absolute atomic E-state index is 0. The second kappa shape index (κ2) is 4.55. The molecule has 0 atom stereocenters. The van der Waals surface area contributed by atoms with Gasteiger partial charge in [-0.25, -0.2) is 4.90 Å². The minimum Gasteiger partial charge on any atom is -0.412 e. The number of benzene rings is 2. The molecule has 5 nitrogen and oxygen atoms in total. The lowest BCUT2D eigenvalue weighted by molar-refractivity contribution is 0.0926. The Balaban J connectivity index is 0.00000133. The Labute approximate surface area is 109 Å². The fourth-order valence-corrected chi connectivity index (χ4v) is 2.10. The highest BCUT2D eigenvalue weighted by Gasteiger charge is 2.36. The number of hydrogen-bond acceptors (Lipinski definition) is 3. The average molecular weight is 256 g/mol. The van der Waals surface area contributed by atoms with E-state index in [1.165, 1.54) is 0 Å². The zero-order chi connectivity index (χ0) is 12.7. The first-order valence-corrected chi connectivity index (χ1v) is 5.52. The topological polar surface area (TPSA) is 94.9 Å². The molecule has 0 spiro atoms. The summed E-state index contributed by atoms with van der Waals surface area (Å²) in [5.74, 6) is -0.651. The molecular formula is C14H12N2O3. The molecule has 2 amide bonds. The van der Waals surface area contributed by atoms with Crippen molar-refractivity contribution in [1.29, 1.82) is 0 Å². The third-order valence-electron chi connectivity index (χ3n) is 2.97. The Hall–Kier alpha value is -2.66. The summed E-state index contributed by atoms with van der Waals surface area (Å²) in [6.45, 7) is 0. The molecule has 1 aliphatic rings. The van der Waals surface area contributed by atoms with E-state index < -0.39 is 0 Å². The van der Waals surface area contributed by atoms with Crippen LogP contribution < -0.4 is 10.6 Å². The lowest BCUT2D eigenvalue weighted by Gasteiger charge is -2.15. The third-order valence-corrected chi connectivity index (χ3v) is 2.97. The quantitative estimate of drug-likeness (QED) is 0.614. The molecule has 4 N–H and O–H groups in total. The zero-order valence-electron chi connectivity index (χ0n) is 9.96. The van der Waals surface area contributed by atoms with E-state index in [9.17, 15) is 9.59 Å². The Kier molecular flexibility index (Phi) is 3.06. The second-order valence-corrected chi connectivity index (χ2v) is 4.05. The van der Waals surface area contributed by atoms with Gasteiger partial charge in [0, 0.05) is 0 Å². The molecule has 0 aromatic heterocycles. The number of nitrogens with two attached hydrogens (primary N) is 1. The van der Waals surface area contributed by atoms with Crippen LogP contribution in [0.15, 0.2) is 48.5 Å². The molecule has 19 heavy (non-hydrogen) atoms. The summed E-state index contributed by atoms with van der Waals surface area (Å²) in [4.78, 5) is 25.5. The number of amides is 2. The van der Waals surface area contributed by atoms with E-state index in [1.807, 2.05) is 0 Å². The first kappa shape index (κ1) is 12.8. The average Bonchev–Trinajstić information content (AvgIpc) is 2.64. The van der Waals surface area contributed by atoms with Gasteiger partial charge < -0.3 is 11.2 Å². The molecule has 2 aromatic rings. The van der Waals surface area contributed by atoms with E-state index in [4.69, 9.17) is 5.73 Å². The van der Waals surface area contributed by atoms with E-state index in [0.717, 1.165) is 4.90 Å². The predicted octanol–water partition coefficient (Wildman–Crippen LogP) is 1.24. The summed E-state index contributed by atoms with van der Waals surface area (Å²) < 4.78 is 0. The van der Waals surface area contributed by atoms with E-state index in [0.29, 0.717) is 22.5 Å². The van der Waals surface area contributed by atoms with Crippen molar-refractivity contribution in [3.8, 4) is 0 Å². The number of anilines is 2. The molecule has 0 unspecified atom stereocenters. The summed E-state index contributed by atoms with van der Waals surface area (Å²) >= 11 is 0. The lowest BCUT2D eigenvalue weighted by Crippen LogP contribution is -2.30. The zero-order valence-corrected chi connectivity index (χ0v) is 9.96. The van der Waals surface area contributed by atoms with Crippen molar-refractivity contribution in [3.63, 3.8) is 0 Å². The Morgan fingerprint density at radius 3 is 1.79 bits per heavy atom. The van der Waals surface area contributed by atoms with Gasteiger partial charge in [-0.3, -0.25) is 9.59 Å². The van der Waals surface area contributed by atoms with Crippen LogP contribution >= 0.6 is 0 Å². The fraction of sp³-hybridized carbons (Fsp3) is 0. The molecule has 0 radical (unpaired) electrons.